The third kappa shape index (κ3) is 3.39. The number of rotatable bonds is 4. The van der Waals surface area contributed by atoms with E-state index in [1.54, 1.807) is 24.3 Å². The quantitative estimate of drug-likeness (QED) is 0.827. The molecule has 0 amide bonds. The normalized spacial score (nSPS) is 16.6. The molecule has 15 heavy (non-hydrogen) atoms. The molecule has 0 radical (unpaired) electrons. The molecule has 0 aliphatic heterocycles. The van der Waals surface area contributed by atoms with Gasteiger partial charge in [0.15, 0.2) is 0 Å². The van der Waals surface area contributed by atoms with Crippen LogP contribution in [0.4, 0.5) is 0 Å². The summed E-state index contributed by atoms with van der Waals surface area (Å²) >= 11 is 0. The van der Waals surface area contributed by atoms with E-state index in [-0.39, 0.29) is 0 Å². The van der Waals surface area contributed by atoms with Gasteiger partial charge in [-0.15, -0.1) is 0 Å². The van der Waals surface area contributed by atoms with Crippen LogP contribution >= 0.6 is 0 Å². The Morgan fingerprint density at radius 1 is 1.40 bits per heavy atom. The van der Waals surface area contributed by atoms with Gasteiger partial charge in [0.1, 0.15) is 0 Å². The molecule has 1 unspecified atom stereocenters. The van der Waals surface area contributed by atoms with E-state index in [0.717, 1.165) is 12.0 Å². The summed E-state index contributed by atoms with van der Waals surface area (Å²) in [4.78, 5) is 11.0. The van der Waals surface area contributed by atoms with E-state index in [1.165, 1.54) is 0 Å². The molecule has 0 spiro atoms. The minimum absolute atomic E-state index is 0.329. The van der Waals surface area contributed by atoms with E-state index in [2.05, 4.69) is 13.8 Å². The fourth-order valence-electron chi connectivity index (χ4n) is 1.46. The number of carboxylic acid groups (broad SMARTS) is 1. The van der Waals surface area contributed by atoms with E-state index in [9.17, 15) is 4.79 Å². The second-order valence-corrected chi connectivity index (χ2v) is 4.11. The number of carbonyl (C=O) groups is 1. The monoisotopic (exact) mass is 209 g/mol. The molecule has 1 N–H and O–H groups in total. The number of carboxylic acids is 1. The molecule has 0 aromatic heterocycles. The molecule has 0 aliphatic rings. The largest absolute Gasteiger partial charge is 0.481 e. The maximum Gasteiger partial charge on any atom is 0.310 e. The molecule has 0 aliphatic carbocycles. The lowest BCUT2D eigenvalue weighted by Crippen LogP contribution is -2.07. The smallest absolute Gasteiger partial charge is 0.310 e. The summed E-state index contributed by atoms with van der Waals surface area (Å²) in [5, 5.41) is 9.02. The van der Waals surface area contributed by atoms with Crippen LogP contribution in [0.5, 0.6) is 0 Å². The summed E-state index contributed by atoms with van der Waals surface area (Å²) < 4.78 is 21.8. The van der Waals surface area contributed by atoms with E-state index in [4.69, 9.17) is 9.22 Å². The topological polar surface area (TPSA) is 37.3 Å². The molecule has 1 aromatic rings. The molecule has 1 rings (SSSR count). The van der Waals surface area contributed by atoms with Crippen LogP contribution in [0.1, 0.15) is 41.9 Å². The van der Waals surface area contributed by atoms with Crippen molar-refractivity contribution in [1.29, 1.82) is 0 Å². The molecule has 2 nitrogen and oxygen atoms in total. The second kappa shape index (κ2) is 4.96. The maximum absolute atomic E-state index is 11.0. The minimum atomic E-state index is -2.52. The first kappa shape index (κ1) is 7.91. The van der Waals surface area contributed by atoms with Crippen molar-refractivity contribution in [3.63, 3.8) is 0 Å². The lowest BCUT2D eigenvalue weighted by Gasteiger charge is -2.09. The summed E-state index contributed by atoms with van der Waals surface area (Å²) in [6.45, 7) is 1.66. The Kier molecular flexibility index (Phi) is 2.62. The minimum Gasteiger partial charge on any atom is -0.481 e. The van der Waals surface area contributed by atoms with Crippen LogP contribution in [0.15, 0.2) is 24.3 Å². The Morgan fingerprint density at radius 2 is 2.00 bits per heavy atom. The van der Waals surface area contributed by atoms with E-state index < -0.39 is 18.7 Å². The molecule has 0 saturated heterocycles. The Hall–Kier alpha value is -1.31. The molecule has 0 bridgehead atoms. The Bertz CT molecular complexity index is 407. The summed E-state index contributed by atoms with van der Waals surface area (Å²) in [6.07, 6.45) is 0.895. The Morgan fingerprint density at radius 3 is 2.40 bits per heavy atom. The first-order valence-electron chi connectivity index (χ1n) is 6.53. The fraction of sp³-hybridized carbons (Fsp3) is 0.462. The predicted octanol–water partition coefficient (Wildman–Crippen LogP) is 3.07. The molecule has 1 atom stereocenters. The van der Waals surface area contributed by atoms with Gasteiger partial charge in [0.05, 0.1) is 5.92 Å². The van der Waals surface area contributed by atoms with Crippen LogP contribution in [-0.4, -0.2) is 11.1 Å². The van der Waals surface area contributed by atoms with Crippen molar-refractivity contribution in [2.75, 3.05) is 0 Å². The van der Waals surface area contributed by atoms with Gasteiger partial charge >= 0.3 is 5.97 Å². The third-order valence-corrected chi connectivity index (χ3v) is 2.20. The van der Waals surface area contributed by atoms with Crippen molar-refractivity contribution in [2.45, 2.75) is 33.0 Å². The average molecular weight is 209 g/mol. The fourth-order valence-corrected chi connectivity index (χ4v) is 1.46. The Balaban J connectivity index is 2.98. The van der Waals surface area contributed by atoms with Crippen LogP contribution in [0.25, 0.3) is 0 Å². The van der Waals surface area contributed by atoms with Crippen LogP contribution in [-0.2, 0) is 11.2 Å². The lowest BCUT2D eigenvalue weighted by atomic mass is 9.97. The number of aliphatic carboxylic acids is 1. The van der Waals surface area contributed by atoms with Gasteiger partial charge in [0, 0.05) is 4.11 Å². The van der Waals surface area contributed by atoms with Crippen LogP contribution in [0.3, 0.4) is 0 Å². The van der Waals surface area contributed by atoms with Crippen molar-refractivity contribution in [2.24, 2.45) is 5.92 Å². The van der Waals surface area contributed by atoms with Gasteiger partial charge in [-0.1, -0.05) is 38.1 Å². The van der Waals surface area contributed by atoms with Crippen LogP contribution in [0, 0.1) is 5.92 Å². The molecule has 0 saturated carbocycles. The lowest BCUT2D eigenvalue weighted by molar-refractivity contribution is -0.138. The summed E-state index contributed by atoms with van der Waals surface area (Å²) in [5.74, 6) is -2.26. The highest BCUT2D eigenvalue weighted by atomic mass is 16.4. The molecule has 82 valence electrons. The summed E-state index contributed by atoms with van der Waals surface area (Å²) in [5.41, 5.74) is 1.42. The third-order valence-electron chi connectivity index (χ3n) is 2.20. The Labute approximate surface area is 95.2 Å². The highest BCUT2D eigenvalue weighted by molar-refractivity contribution is 5.75. The number of hydrogen-bond acceptors (Lipinski definition) is 1. The second-order valence-electron chi connectivity index (χ2n) is 4.11. The molecule has 0 fully saturated rings. The van der Waals surface area contributed by atoms with Crippen molar-refractivity contribution < 1.29 is 14.0 Å². The number of benzene rings is 1. The van der Waals surface area contributed by atoms with Gasteiger partial charge in [-0.25, -0.2) is 0 Å². The van der Waals surface area contributed by atoms with Gasteiger partial charge in [0.2, 0.25) is 0 Å². The SMILES string of the molecule is [2H]C([2H])([2H])C(C(=O)O)c1ccc(CC(C)C)cc1. The highest BCUT2D eigenvalue weighted by Gasteiger charge is 2.12. The average Bonchev–Trinajstić information content (AvgIpc) is 2.17. The summed E-state index contributed by atoms with van der Waals surface area (Å²) in [6, 6.07) is 6.81. The standard InChI is InChI=1S/C13H18O2/c1-9(2)8-11-4-6-12(7-5-11)10(3)13(14)15/h4-7,9-10H,8H2,1-3H3,(H,14,15)/i3D3. The van der Waals surface area contributed by atoms with E-state index in [1.807, 2.05) is 0 Å². The number of hydrogen-bond donors (Lipinski definition) is 1. The van der Waals surface area contributed by atoms with Crippen molar-refractivity contribution in [1.82, 2.24) is 0 Å². The molecule has 2 heteroatoms. The first-order valence-corrected chi connectivity index (χ1v) is 5.03. The predicted molar refractivity (Wildman–Crippen MR) is 61.0 cm³/mol. The van der Waals surface area contributed by atoms with E-state index >= 15 is 0 Å². The molecule has 1 aromatic carbocycles. The highest BCUT2D eigenvalue weighted by Crippen LogP contribution is 2.17. The zero-order chi connectivity index (χ0) is 13.9. The van der Waals surface area contributed by atoms with Gasteiger partial charge in [-0.2, -0.15) is 0 Å². The van der Waals surface area contributed by atoms with Crippen molar-refractivity contribution in [3.8, 4) is 0 Å². The zero-order valence-corrected chi connectivity index (χ0v) is 9.03. The van der Waals surface area contributed by atoms with Crippen molar-refractivity contribution >= 4 is 5.97 Å². The zero-order valence-electron chi connectivity index (χ0n) is 12.0. The van der Waals surface area contributed by atoms with Crippen LogP contribution in [0.2, 0.25) is 0 Å². The van der Waals surface area contributed by atoms with E-state index in [0.29, 0.717) is 11.5 Å². The molecular formula is C13H18O2. The van der Waals surface area contributed by atoms with Gasteiger partial charge < -0.3 is 5.11 Å². The van der Waals surface area contributed by atoms with Gasteiger partial charge in [0.25, 0.3) is 0 Å². The first-order chi connectivity index (χ1) is 8.21. The molecular weight excluding hydrogens is 188 g/mol. The summed E-state index contributed by atoms with van der Waals surface area (Å²) in [7, 11) is 0. The van der Waals surface area contributed by atoms with Gasteiger partial charge in [-0.3, -0.25) is 4.79 Å². The van der Waals surface area contributed by atoms with Crippen LogP contribution < -0.4 is 0 Å². The maximum atomic E-state index is 11.0. The van der Waals surface area contributed by atoms with Crippen molar-refractivity contribution in [3.05, 3.63) is 35.4 Å². The van der Waals surface area contributed by atoms with Gasteiger partial charge in [-0.05, 0) is 30.3 Å². The molecule has 0 heterocycles.